The Morgan fingerprint density at radius 1 is 0.941 bits per heavy atom. The molecule has 2 aromatic carbocycles. The minimum Gasteiger partial charge on any atom is -0.298 e. The average Bonchev–Trinajstić information content (AvgIpc) is 2.38. The fourth-order valence-electron chi connectivity index (χ4n) is 2.20. The van der Waals surface area contributed by atoms with Crippen molar-refractivity contribution >= 4 is 6.29 Å². The summed E-state index contributed by atoms with van der Waals surface area (Å²) in [7, 11) is 0. The van der Waals surface area contributed by atoms with Crippen LogP contribution in [-0.2, 0) is 0 Å². The molecule has 0 unspecified atom stereocenters. The van der Waals surface area contributed by atoms with Crippen LogP contribution in [0.2, 0.25) is 0 Å². The first-order valence-electron chi connectivity index (χ1n) is 5.87. The van der Waals surface area contributed by atoms with Gasteiger partial charge >= 0.3 is 0 Å². The molecule has 0 radical (unpaired) electrons. The lowest BCUT2D eigenvalue weighted by Gasteiger charge is -2.15. The Bertz CT molecular complexity index is 512. The molecule has 0 bridgehead atoms. The summed E-state index contributed by atoms with van der Waals surface area (Å²) < 4.78 is 0. The first kappa shape index (κ1) is 11.6. The topological polar surface area (TPSA) is 17.1 Å². The summed E-state index contributed by atoms with van der Waals surface area (Å²) in [5.41, 5.74) is 4.25. The Labute approximate surface area is 102 Å². The average molecular weight is 224 g/mol. The molecule has 0 fully saturated rings. The van der Waals surface area contributed by atoms with Crippen LogP contribution in [0.15, 0.2) is 48.5 Å². The SMILES string of the molecule is CC(C)c1c(C=O)cccc1-c1ccccc1. The smallest absolute Gasteiger partial charge is 0.150 e. The second-order valence-corrected chi connectivity index (χ2v) is 4.45. The van der Waals surface area contributed by atoms with Gasteiger partial charge in [-0.1, -0.05) is 62.4 Å². The minimum atomic E-state index is 0.339. The zero-order valence-electron chi connectivity index (χ0n) is 10.2. The van der Waals surface area contributed by atoms with E-state index >= 15 is 0 Å². The van der Waals surface area contributed by atoms with Gasteiger partial charge in [0, 0.05) is 5.56 Å². The zero-order chi connectivity index (χ0) is 12.3. The van der Waals surface area contributed by atoms with Crippen molar-refractivity contribution in [2.45, 2.75) is 19.8 Å². The zero-order valence-corrected chi connectivity index (χ0v) is 10.2. The first-order chi connectivity index (χ1) is 8.24. The van der Waals surface area contributed by atoms with Gasteiger partial charge in [-0.05, 0) is 22.6 Å². The van der Waals surface area contributed by atoms with Crippen molar-refractivity contribution in [3.8, 4) is 11.1 Å². The second kappa shape index (κ2) is 4.96. The number of carbonyl (C=O) groups is 1. The number of aldehydes is 1. The Morgan fingerprint density at radius 2 is 1.65 bits per heavy atom. The molecular weight excluding hydrogens is 208 g/mol. The number of benzene rings is 2. The molecule has 0 aliphatic heterocycles. The molecule has 0 aromatic heterocycles. The maximum Gasteiger partial charge on any atom is 0.150 e. The van der Waals surface area contributed by atoms with Crippen LogP contribution < -0.4 is 0 Å². The van der Waals surface area contributed by atoms with Crippen LogP contribution in [0, 0.1) is 0 Å². The quantitative estimate of drug-likeness (QED) is 0.711. The van der Waals surface area contributed by atoms with Crippen LogP contribution in [0.5, 0.6) is 0 Å². The largest absolute Gasteiger partial charge is 0.298 e. The lowest BCUT2D eigenvalue weighted by atomic mass is 9.89. The molecule has 0 atom stereocenters. The molecular formula is C16H16O. The highest BCUT2D eigenvalue weighted by atomic mass is 16.1. The van der Waals surface area contributed by atoms with E-state index in [0.29, 0.717) is 5.92 Å². The molecule has 0 N–H and O–H groups in total. The van der Waals surface area contributed by atoms with Crippen molar-refractivity contribution in [1.82, 2.24) is 0 Å². The van der Waals surface area contributed by atoms with Crippen molar-refractivity contribution in [3.05, 3.63) is 59.7 Å². The van der Waals surface area contributed by atoms with Crippen molar-refractivity contribution in [3.63, 3.8) is 0 Å². The molecule has 0 aliphatic rings. The predicted octanol–water partition coefficient (Wildman–Crippen LogP) is 4.29. The highest BCUT2D eigenvalue weighted by Crippen LogP contribution is 2.31. The standard InChI is InChI=1S/C16H16O/c1-12(2)16-14(11-17)9-6-10-15(16)13-7-4-3-5-8-13/h3-12H,1-2H3. The van der Waals surface area contributed by atoms with E-state index in [0.717, 1.165) is 23.0 Å². The molecule has 17 heavy (non-hydrogen) atoms. The molecule has 1 nitrogen and oxygen atoms in total. The maximum absolute atomic E-state index is 11.1. The molecule has 0 amide bonds. The Kier molecular flexibility index (Phi) is 3.38. The third-order valence-electron chi connectivity index (χ3n) is 2.93. The molecule has 0 heterocycles. The van der Waals surface area contributed by atoms with Gasteiger partial charge < -0.3 is 0 Å². The van der Waals surface area contributed by atoms with Gasteiger partial charge in [0.15, 0.2) is 0 Å². The Hall–Kier alpha value is -1.89. The van der Waals surface area contributed by atoms with E-state index in [1.54, 1.807) is 0 Å². The maximum atomic E-state index is 11.1. The summed E-state index contributed by atoms with van der Waals surface area (Å²) in [6, 6.07) is 16.1. The van der Waals surface area contributed by atoms with Crippen LogP contribution in [0.4, 0.5) is 0 Å². The molecule has 2 rings (SSSR count). The third kappa shape index (κ3) is 2.28. The van der Waals surface area contributed by atoms with Gasteiger partial charge in [-0.25, -0.2) is 0 Å². The summed E-state index contributed by atoms with van der Waals surface area (Å²) in [4.78, 5) is 11.1. The van der Waals surface area contributed by atoms with Crippen molar-refractivity contribution in [2.24, 2.45) is 0 Å². The summed E-state index contributed by atoms with van der Waals surface area (Å²) >= 11 is 0. The summed E-state index contributed by atoms with van der Waals surface area (Å²) in [6.07, 6.45) is 0.946. The second-order valence-electron chi connectivity index (χ2n) is 4.45. The molecule has 86 valence electrons. The van der Waals surface area contributed by atoms with Crippen molar-refractivity contribution < 1.29 is 4.79 Å². The molecule has 0 spiro atoms. The van der Waals surface area contributed by atoms with Crippen LogP contribution in [0.25, 0.3) is 11.1 Å². The summed E-state index contributed by atoms with van der Waals surface area (Å²) in [6.45, 7) is 4.24. The van der Waals surface area contributed by atoms with E-state index in [4.69, 9.17) is 0 Å². The molecule has 0 aliphatic carbocycles. The summed E-state index contributed by atoms with van der Waals surface area (Å²) in [5, 5.41) is 0. The van der Waals surface area contributed by atoms with Gasteiger partial charge in [0.2, 0.25) is 0 Å². The van der Waals surface area contributed by atoms with E-state index in [1.165, 1.54) is 5.56 Å². The Balaban J connectivity index is 2.66. The molecule has 2 aromatic rings. The first-order valence-corrected chi connectivity index (χ1v) is 5.87. The van der Waals surface area contributed by atoms with Crippen molar-refractivity contribution in [1.29, 1.82) is 0 Å². The number of carbonyl (C=O) groups excluding carboxylic acids is 1. The van der Waals surface area contributed by atoms with Crippen LogP contribution >= 0.6 is 0 Å². The van der Waals surface area contributed by atoms with Gasteiger partial charge in [-0.3, -0.25) is 4.79 Å². The van der Waals surface area contributed by atoms with E-state index in [2.05, 4.69) is 32.0 Å². The molecule has 1 heteroatoms. The van der Waals surface area contributed by atoms with Crippen molar-refractivity contribution in [2.75, 3.05) is 0 Å². The lowest BCUT2D eigenvalue weighted by Crippen LogP contribution is -1.98. The van der Waals surface area contributed by atoms with Crippen LogP contribution in [0.3, 0.4) is 0 Å². The van der Waals surface area contributed by atoms with Gasteiger partial charge in [-0.15, -0.1) is 0 Å². The lowest BCUT2D eigenvalue weighted by molar-refractivity contribution is 0.112. The molecule has 0 saturated carbocycles. The van der Waals surface area contributed by atoms with Crippen LogP contribution in [0.1, 0.15) is 35.7 Å². The number of hydrogen-bond acceptors (Lipinski definition) is 1. The highest BCUT2D eigenvalue weighted by Gasteiger charge is 2.12. The van der Waals surface area contributed by atoms with Crippen LogP contribution in [-0.4, -0.2) is 6.29 Å². The number of rotatable bonds is 3. The monoisotopic (exact) mass is 224 g/mol. The van der Waals surface area contributed by atoms with Gasteiger partial charge in [0.25, 0.3) is 0 Å². The van der Waals surface area contributed by atoms with E-state index in [-0.39, 0.29) is 0 Å². The van der Waals surface area contributed by atoms with Gasteiger partial charge in [0.05, 0.1) is 0 Å². The van der Waals surface area contributed by atoms with Gasteiger partial charge in [-0.2, -0.15) is 0 Å². The Morgan fingerprint density at radius 3 is 2.24 bits per heavy atom. The van der Waals surface area contributed by atoms with Gasteiger partial charge in [0.1, 0.15) is 6.29 Å². The minimum absolute atomic E-state index is 0.339. The molecule has 0 saturated heterocycles. The summed E-state index contributed by atoms with van der Waals surface area (Å²) in [5.74, 6) is 0.339. The van der Waals surface area contributed by atoms with E-state index in [1.807, 2.05) is 30.3 Å². The van der Waals surface area contributed by atoms with E-state index in [9.17, 15) is 4.79 Å². The number of hydrogen-bond donors (Lipinski definition) is 0. The predicted molar refractivity (Wildman–Crippen MR) is 71.4 cm³/mol. The fraction of sp³-hybridized carbons (Fsp3) is 0.188. The normalized spacial score (nSPS) is 10.5. The van der Waals surface area contributed by atoms with E-state index < -0.39 is 0 Å². The highest BCUT2D eigenvalue weighted by molar-refractivity contribution is 5.83. The fourth-order valence-corrected chi connectivity index (χ4v) is 2.20. The third-order valence-corrected chi connectivity index (χ3v) is 2.93.